The Bertz CT molecular complexity index is 238. The lowest BCUT2D eigenvalue weighted by atomic mass is 9.91. The van der Waals surface area contributed by atoms with Crippen LogP contribution in [0.2, 0.25) is 0 Å². The topological polar surface area (TPSA) is 0 Å². The van der Waals surface area contributed by atoms with Crippen molar-refractivity contribution in [2.45, 2.75) is 79.1 Å². The zero-order valence-corrected chi connectivity index (χ0v) is 13.2. The molecule has 1 fully saturated rings. The van der Waals surface area contributed by atoms with Crippen molar-refractivity contribution in [3.8, 4) is 0 Å². The van der Waals surface area contributed by atoms with Crippen LogP contribution < -0.4 is 0 Å². The summed E-state index contributed by atoms with van der Waals surface area (Å²) < 4.78 is 0. The maximum Gasteiger partial charge on any atom is -0.0203 e. The second kappa shape index (κ2) is 8.02. The molecule has 0 bridgehead atoms. The number of unbranched alkanes of at least 4 members (excludes halogenated alkanes) is 3. The fourth-order valence-electron chi connectivity index (χ4n) is 3.14. The summed E-state index contributed by atoms with van der Waals surface area (Å²) in [5.41, 5.74) is 1.53. The molecule has 0 aliphatic heterocycles. The molecule has 1 rings (SSSR count). The summed E-state index contributed by atoms with van der Waals surface area (Å²) in [7, 11) is 0. The van der Waals surface area contributed by atoms with Gasteiger partial charge in [-0.2, -0.15) is 0 Å². The minimum absolute atomic E-state index is 0.783. The summed E-state index contributed by atoms with van der Waals surface area (Å²) in [5, 5.41) is 0. The summed E-state index contributed by atoms with van der Waals surface area (Å²) in [6, 6.07) is 0. The minimum atomic E-state index is 0.783. The van der Waals surface area contributed by atoms with Gasteiger partial charge in [0.15, 0.2) is 0 Å². The van der Waals surface area contributed by atoms with Gasteiger partial charge in [0.1, 0.15) is 0 Å². The Kier molecular flexibility index (Phi) is 7.04. The summed E-state index contributed by atoms with van der Waals surface area (Å²) >= 11 is 0. The summed E-state index contributed by atoms with van der Waals surface area (Å²) in [6.07, 6.45) is 11.1. The first kappa shape index (κ1) is 15.8. The normalized spacial score (nSPS) is 24.3. The van der Waals surface area contributed by atoms with Gasteiger partial charge < -0.3 is 0 Å². The number of rotatable bonds is 10. The number of hydrogen-bond acceptors (Lipinski definition) is 0. The Morgan fingerprint density at radius 1 is 1.11 bits per heavy atom. The summed E-state index contributed by atoms with van der Waals surface area (Å²) in [5.74, 6) is 3.65. The predicted molar refractivity (Wildman–Crippen MR) is 82.7 cm³/mol. The molecule has 0 saturated heterocycles. The van der Waals surface area contributed by atoms with Gasteiger partial charge >= 0.3 is 0 Å². The van der Waals surface area contributed by atoms with E-state index in [1.807, 2.05) is 0 Å². The van der Waals surface area contributed by atoms with E-state index >= 15 is 0 Å². The van der Waals surface area contributed by atoms with Gasteiger partial charge in [-0.1, -0.05) is 72.0 Å². The van der Waals surface area contributed by atoms with Crippen molar-refractivity contribution in [1.29, 1.82) is 0 Å². The zero-order chi connectivity index (χ0) is 13.5. The van der Waals surface area contributed by atoms with Gasteiger partial charge in [-0.25, -0.2) is 0 Å². The van der Waals surface area contributed by atoms with Crippen LogP contribution in [0.15, 0.2) is 12.2 Å². The van der Waals surface area contributed by atoms with E-state index in [1.165, 1.54) is 56.9 Å². The van der Waals surface area contributed by atoms with Gasteiger partial charge in [-0.05, 0) is 42.9 Å². The first-order valence-corrected chi connectivity index (χ1v) is 8.23. The van der Waals surface area contributed by atoms with Crippen LogP contribution in [0.4, 0.5) is 0 Å². The third kappa shape index (κ3) is 5.59. The Hall–Kier alpha value is -0.260. The van der Waals surface area contributed by atoms with E-state index < -0.39 is 0 Å². The van der Waals surface area contributed by atoms with Crippen LogP contribution >= 0.6 is 0 Å². The minimum Gasteiger partial charge on any atom is -0.0996 e. The van der Waals surface area contributed by atoms with Gasteiger partial charge in [0.2, 0.25) is 0 Å². The largest absolute Gasteiger partial charge is 0.0996 e. The van der Waals surface area contributed by atoms with Crippen molar-refractivity contribution in [2.24, 2.45) is 23.7 Å². The molecule has 0 aromatic carbocycles. The molecular formula is C18H34. The maximum absolute atomic E-state index is 4.33. The smallest absolute Gasteiger partial charge is 0.0203 e. The lowest BCUT2D eigenvalue weighted by Crippen LogP contribution is -2.03. The lowest BCUT2D eigenvalue weighted by molar-refractivity contribution is 0.496. The van der Waals surface area contributed by atoms with E-state index in [0.29, 0.717) is 0 Å². The van der Waals surface area contributed by atoms with Crippen molar-refractivity contribution in [1.82, 2.24) is 0 Å². The van der Waals surface area contributed by atoms with E-state index in [9.17, 15) is 0 Å². The molecule has 1 saturated carbocycles. The maximum atomic E-state index is 4.33. The molecule has 0 heterocycles. The molecule has 18 heavy (non-hydrogen) atoms. The monoisotopic (exact) mass is 250 g/mol. The Balaban J connectivity index is 2.00. The molecule has 106 valence electrons. The van der Waals surface area contributed by atoms with E-state index in [1.54, 1.807) is 0 Å². The molecule has 0 aromatic heterocycles. The van der Waals surface area contributed by atoms with Gasteiger partial charge in [0.05, 0.1) is 0 Å². The van der Waals surface area contributed by atoms with Crippen molar-refractivity contribution in [2.75, 3.05) is 0 Å². The highest BCUT2D eigenvalue weighted by Crippen LogP contribution is 2.48. The van der Waals surface area contributed by atoms with Crippen molar-refractivity contribution in [3.05, 3.63) is 12.2 Å². The second-order valence-electron chi connectivity index (χ2n) is 6.86. The predicted octanol–water partition coefficient (Wildman–Crippen LogP) is 6.22. The van der Waals surface area contributed by atoms with Crippen LogP contribution in [-0.4, -0.2) is 0 Å². The van der Waals surface area contributed by atoms with Crippen LogP contribution in [0.25, 0.3) is 0 Å². The Morgan fingerprint density at radius 3 is 2.33 bits per heavy atom. The molecule has 0 N–H and O–H groups in total. The molecule has 0 heteroatoms. The van der Waals surface area contributed by atoms with Gasteiger partial charge in [-0.15, -0.1) is 0 Å². The second-order valence-corrected chi connectivity index (χ2v) is 6.86. The van der Waals surface area contributed by atoms with E-state index in [0.717, 1.165) is 23.7 Å². The molecule has 3 atom stereocenters. The first-order valence-electron chi connectivity index (χ1n) is 8.23. The number of hydrogen-bond donors (Lipinski definition) is 0. The van der Waals surface area contributed by atoms with E-state index in [4.69, 9.17) is 0 Å². The van der Waals surface area contributed by atoms with Crippen molar-refractivity contribution >= 4 is 0 Å². The molecule has 0 spiro atoms. The molecule has 3 unspecified atom stereocenters. The SMILES string of the molecule is C=C(CCCCCCC(C)C)C(C)C1CC1CC. The number of allylic oxidation sites excluding steroid dienone is 1. The van der Waals surface area contributed by atoms with Gasteiger partial charge in [-0.3, -0.25) is 0 Å². The molecule has 1 aliphatic carbocycles. The van der Waals surface area contributed by atoms with Crippen LogP contribution in [-0.2, 0) is 0 Å². The molecular weight excluding hydrogens is 216 g/mol. The van der Waals surface area contributed by atoms with Gasteiger partial charge in [0, 0.05) is 0 Å². The van der Waals surface area contributed by atoms with Crippen LogP contribution in [0.5, 0.6) is 0 Å². The average Bonchev–Trinajstić information content (AvgIpc) is 3.11. The third-order valence-electron chi connectivity index (χ3n) is 4.82. The zero-order valence-electron chi connectivity index (χ0n) is 13.2. The summed E-state index contributed by atoms with van der Waals surface area (Å²) in [6.45, 7) is 13.7. The van der Waals surface area contributed by atoms with E-state index in [2.05, 4.69) is 34.3 Å². The van der Waals surface area contributed by atoms with Crippen molar-refractivity contribution in [3.63, 3.8) is 0 Å². The molecule has 0 amide bonds. The Morgan fingerprint density at radius 2 is 1.78 bits per heavy atom. The Labute approximate surface area is 115 Å². The fourth-order valence-corrected chi connectivity index (χ4v) is 3.14. The van der Waals surface area contributed by atoms with Crippen LogP contribution in [0.3, 0.4) is 0 Å². The highest BCUT2D eigenvalue weighted by atomic mass is 14.4. The summed E-state index contributed by atoms with van der Waals surface area (Å²) in [4.78, 5) is 0. The molecule has 0 radical (unpaired) electrons. The average molecular weight is 250 g/mol. The standard InChI is InChI=1S/C18H34/c1-6-17-13-18(17)16(5)15(4)12-10-8-7-9-11-14(2)3/h14,16-18H,4,6-13H2,1-3,5H3. The highest BCUT2D eigenvalue weighted by molar-refractivity contribution is 5.06. The third-order valence-corrected chi connectivity index (χ3v) is 4.82. The highest BCUT2D eigenvalue weighted by Gasteiger charge is 2.39. The molecule has 0 aromatic rings. The fraction of sp³-hybridized carbons (Fsp3) is 0.889. The van der Waals surface area contributed by atoms with Crippen molar-refractivity contribution < 1.29 is 0 Å². The molecule has 1 aliphatic rings. The lowest BCUT2D eigenvalue weighted by Gasteiger charge is -2.14. The van der Waals surface area contributed by atoms with E-state index in [-0.39, 0.29) is 0 Å². The quantitative estimate of drug-likeness (QED) is 0.319. The van der Waals surface area contributed by atoms with Gasteiger partial charge in [0.25, 0.3) is 0 Å². The van der Waals surface area contributed by atoms with Crippen LogP contribution in [0, 0.1) is 23.7 Å². The van der Waals surface area contributed by atoms with Crippen LogP contribution in [0.1, 0.15) is 79.1 Å². The molecule has 0 nitrogen and oxygen atoms in total. The first-order chi connectivity index (χ1) is 8.56.